The Morgan fingerprint density at radius 1 is 1.12 bits per heavy atom. The van der Waals surface area contributed by atoms with E-state index in [4.69, 9.17) is 4.74 Å². The smallest absolute Gasteiger partial charge is 0.408 e. The minimum absolute atomic E-state index is 0.00882. The van der Waals surface area contributed by atoms with E-state index in [-0.39, 0.29) is 18.6 Å². The molecule has 5 nitrogen and oxygen atoms in total. The monoisotopic (exact) mass is 349 g/mol. The number of halogens is 2. The third-order valence-corrected chi connectivity index (χ3v) is 3.42. The fourth-order valence-electron chi connectivity index (χ4n) is 2.16. The highest BCUT2D eigenvalue weighted by atomic mass is 19.1. The minimum atomic E-state index is -1.20. The van der Waals surface area contributed by atoms with Crippen LogP contribution in [0, 0.1) is 11.6 Å². The van der Waals surface area contributed by atoms with Crippen LogP contribution in [0.5, 0.6) is 0 Å². The number of carbonyl (C=O) groups is 2. The van der Waals surface area contributed by atoms with Crippen molar-refractivity contribution < 1.29 is 27.8 Å². The van der Waals surface area contributed by atoms with E-state index in [0.717, 1.165) is 30.9 Å². The number of alkyl carbamates (subject to hydrolysis) is 1. The van der Waals surface area contributed by atoms with Crippen LogP contribution in [0.2, 0.25) is 0 Å². The number of methoxy groups -OCH3 is 1. The largest absolute Gasteiger partial charge is 0.467 e. The molecule has 0 bridgehead atoms. The summed E-state index contributed by atoms with van der Waals surface area (Å²) in [5.41, 5.74) is 0.710. The molecule has 0 aromatic heterocycles. The number of amides is 1. The van der Waals surface area contributed by atoms with Gasteiger partial charge in [0, 0.05) is 6.42 Å². The summed E-state index contributed by atoms with van der Waals surface area (Å²) in [5.74, 6) is -2.12. The van der Waals surface area contributed by atoms with Gasteiger partial charge in [0.15, 0.2) is 0 Å². The van der Waals surface area contributed by atoms with Crippen LogP contribution < -0.4 is 5.32 Å². The van der Waals surface area contributed by atoms with Crippen LogP contribution in [0.25, 0.3) is 0 Å². The van der Waals surface area contributed by atoms with Gasteiger partial charge in [0.1, 0.15) is 24.3 Å². The van der Waals surface area contributed by atoms with Crippen LogP contribution >= 0.6 is 0 Å². The third-order valence-electron chi connectivity index (χ3n) is 3.42. The van der Waals surface area contributed by atoms with E-state index in [0.29, 0.717) is 0 Å². The van der Waals surface area contributed by atoms with Crippen LogP contribution in [-0.4, -0.2) is 25.2 Å². The highest BCUT2D eigenvalue weighted by molar-refractivity contribution is 5.81. The van der Waals surface area contributed by atoms with Crippen molar-refractivity contribution in [3.05, 3.63) is 71.3 Å². The standard InChI is InChI=1S/C18H17F2NO4/c1-24-17(22)16(10-13-9-14(19)7-8-15(13)20)21-18(23)25-11-12-5-3-2-4-6-12/h2-9,16H,10-11H2,1H3,(H,21,23). The summed E-state index contributed by atoms with van der Waals surface area (Å²) in [6, 6.07) is 10.6. The van der Waals surface area contributed by atoms with Crippen LogP contribution in [0.4, 0.5) is 13.6 Å². The average Bonchev–Trinajstić information content (AvgIpc) is 2.62. The molecule has 1 unspecified atom stereocenters. The zero-order chi connectivity index (χ0) is 18.2. The van der Waals surface area contributed by atoms with Crippen LogP contribution in [0.3, 0.4) is 0 Å². The van der Waals surface area contributed by atoms with Crippen LogP contribution in [-0.2, 0) is 27.3 Å². The second kappa shape index (κ2) is 8.77. The molecule has 2 aromatic carbocycles. The third kappa shape index (κ3) is 5.56. The van der Waals surface area contributed by atoms with Crippen molar-refractivity contribution in [3.8, 4) is 0 Å². The molecule has 0 aliphatic heterocycles. The normalized spacial score (nSPS) is 11.5. The lowest BCUT2D eigenvalue weighted by atomic mass is 10.1. The van der Waals surface area contributed by atoms with Gasteiger partial charge in [0.2, 0.25) is 0 Å². The predicted molar refractivity (Wildman–Crippen MR) is 85.6 cm³/mol. The van der Waals surface area contributed by atoms with Gasteiger partial charge in [-0.05, 0) is 29.3 Å². The Morgan fingerprint density at radius 2 is 1.84 bits per heavy atom. The molecule has 1 atom stereocenters. The molecule has 1 N–H and O–H groups in total. The Balaban J connectivity index is 2.01. The first-order valence-electron chi connectivity index (χ1n) is 7.48. The highest BCUT2D eigenvalue weighted by Crippen LogP contribution is 2.13. The van der Waals surface area contributed by atoms with Gasteiger partial charge in [0.05, 0.1) is 7.11 Å². The van der Waals surface area contributed by atoms with Crippen molar-refractivity contribution in [3.63, 3.8) is 0 Å². The molecule has 0 aliphatic rings. The van der Waals surface area contributed by atoms with E-state index in [1.807, 2.05) is 6.07 Å². The maximum atomic E-state index is 13.7. The van der Waals surface area contributed by atoms with Gasteiger partial charge in [-0.1, -0.05) is 30.3 Å². The predicted octanol–water partition coefficient (Wildman–Crippen LogP) is 2.98. The van der Waals surface area contributed by atoms with Crippen molar-refractivity contribution in [2.24, 2.45) is 0 Å². The number of esters is 1. The summed E-state index contributed by atoms with van der Waals surface area (Å²) in [6.45, 7) is 0.00882. The molecule has 25 heavy (non-hydrogen) atoms. The first-order chi connectivity index (χ1) is 12.0. The zero-order valence-corrected chi connectivity index (χ0v) is 13.5. The summed E-state index contributed by atoms with van der Waals surface area (Å²) in [7, 11) is 1.13. The van der Waals surface area contributed by atoms with Gasteiger partial charge in [0.25, 0.3) is 0 Å². The van der Waals surface area contributed by atoms with Gasteiger partial charge in [-0.3, -0.25) is 0 Å². The number of hydrogen-bond acceptors (Lipinski definition) is 4. The number of rotatable bonds is 6. The Bertz CT molecular complexity index is 737. The van der Waals surface area contributed by atoms with E-state index >= 15 is 0 Å². The van der Waals surface area contributed by atoms with Gasteiger partial charge < -0.3 is 14.8 Å². The fraction of sp³-hybridized carbons (Fsp3) is 0.222. The first-order valence-corrected chi connectivity index (χ1v) is 7.48. The summed E-state index contributed by atoms with van der Waals surface area (Å²) in [4.78, 5) is 23.7. The van der Waals surface area contributed by atoms with Crippen LogP contribution in [0.1, 0.15) is 11.1 Å². The second-order valence-corrected chi connectivity index (χ2v) is 5.22. The molecule has 0 spiro atoms. The van der Waals surface area contributed by atoms with Gasteiger partial charge >= 0.3 is 12.1 Å². The molecule has 2 aromatic rings. The SMILES string of the molecule is COC(=O)C(Cc1cc(F)ccc1F)NC(=O)OCc1ccccc1. The molecule has 7 heteroatoms. The Labute approximate surface area is 143 Å². The number of carbonyl (C=O) groups excluding carboxylic acids is 2. The molecular formula is C18H17F2NO4. The van der Waals surface area contributed by atoms with Crippen molar-refractivity contribution in [1.82, 2.24) is 5.32 Å². The molecular weight excluding hydrogens is 332 g/mol. The van der Waals surface area contributed by atoms with Gasteiger partial charge in [-0.25, -0.2) is 18.4 Å². The second-order valence-electron chi connectivity index (χ2n) is 5.22. The summed E-state index contributed by atoms with van der Waals surface area (Å²) in [5, 5.41) is 2.31. The molecule has 0 saturated heterocycles. The molecule has 0 aliphatic carbocycles. The fourth-order valence-corrected chi connectivity index (χ4v) is 2.16. The molecule has 0 fully saturated rings. The Kier molecular flexibility index (Phi) is 6.45. The lowest BCUT2D eigenvalue weighted by Gasteiger charge is -2.17. The zero-order valence-electron chi connectivity index (χ0n) is 13.5. The van der Waals surface area contributed by atoms with Crippen molar-refractivity contribution in [2.75, 3.05) is 7.11 Å². The molecule has 132 valence electrons. The number of hydrogen-bond donors (Lipinski definition) is 1. The van der Waals surface area contributed by atoms with Crippen molar-refractivity contribution in [1.29, 1.82) is 0 Å². The van der Waals surface area contributed by atoms with Crippen molar-refractivity contribution >= 4 is 12.1 Å². The molecule has 1 amide bonds. The van der Waals surface area contributed by atoms with E-state index in [2.05, 4.69) is 10.1 Å². The van der Waals surface area contributed by atoms with E-state index in [1.165, 1.54) is 0 Å². The van der Waals surface area contributed by atoms with Gasteiger partial charge in [-0.2, -0.15) is 0 Å². The summed E-state index contributed by atoms with van der Waals surface area (Å²) >= 11 is 0. The Hall–Kier alpha value is -2.96. The lowest BCUT2D eigenvalue weighted by molar-refractivity contribution is -0.143. The Morgan fingerprint density at radius 3 is 2.52 bits per heavy atom. The summed E-state index contributed by atoms with van der Waals surface area (Å²) < 4.78 is 36.6. The lowest BCUT2D eigenvalue weighted by Crippen LogP contribution is -2.43. The van der Waals surface area contributed by atoms with E-state index in [9.17, 15) is 18.4 Å². The van der Waals surface area contributed by atoms with E-state index in [1.54, 1.807) is 24.3 Å². The molecule has 0 heterocycles. The van der Waals surface area contributed by atoms with E-state index < -0.39 is 29.7 Å². The van der Waals surface area contributed by atoms with Gasteiger partial charge in [-0.15, -0.1) is 0 Å². The van der Waals surface area contributed by atoms with Crippen molar-refractivity contribution in [2.45, 2.75) is 19.1 Å². The average molecular weight is 349 g/mol. The minimum Gasteiger partial charge on any atom is -0.467 e. The number of nitrogens with one attached hydrogen (secondary N) is 1. The summed E-state index contributed by atoms with van der Waals surface area (Å²) in [6.07, 6.45) is -1.13. The first kappa shape index (κ1) is 18.4. The number of ether oxygens (including phenoxy) is 2. The quantitative estimate of drug-likeness (QED) is 0.815. The maximum Gasteiger partial charge on any atom is 0.408 e. The number of benzene rings is 2. The van der Waals surface area contributed by atoms with Crippen LogP contribution in [0.15, 0.2) is 48.5 Å². The highest BCUT2D eigenvalue weighted by Gasteiger charge is 2.24. The topological polar surface area (TPSA) is 64.6 Å². The molecule has 0 saturated carbocycles. The maximum absolute atomic E-state index is 13.7. The molecule has 0 radical (unpaired) electrons. The molecule has 2 rings (SSSR count).